The number of carbonyl (C=O) groups excluding carboxylic acids is 2. The molecule has 0 aliphatic carbocycles. The fourth-order valence-electron chi connectivity index (χ4n) is 4.61. The molecular weight excluding hydrogens is 565 g/mol. The third kappa shape index (κ3) is 7.52. The van der Waals surface area contributed by atoms with E-state index in [1.165, 1.54) is 11.0 Å². The molecule has 2 amide bonds. The van der Waals surface area contributed by atoms with Crippen LogP contribution in [0.2, 0.25) is 10.0 Å². The van der Waals surface area contributed by atoms with Gasteiger partial charge in [0.25, 0.3) is 5.91 Å². The van der Waals surface area contributed by atoms with Gasteiger partial charge in [-0.25, -0.2) is 0 Å². The van der Waals surface area contributed by atoms with Gasteiger partial charge in [-0.05, 0) is 53.9 Å². The molecule has 1 N–H and O–H groups in total. The molecule has 0 aliphatic heterocycles. The lowest BCUT2D eigenvalue weighted by atomic mass is 10.1. The standard InChI is InChI=1S/C31H33Cl2N3O5/c1-39-15-14-36(31(38)22-9-10-25(32)26(33)17-22)20-30(37)35(19-21-8-11-28(40-2)29(16-21)41-3)13-12-23-18-34-27-7-5-4-6-24(23)27/h4-11,16-18,34H,12-15,19-20H2,1-3H3. The van der Waals surface area contributed by atoms with E-state index in [2.05, 4.69) is 11.1 Å². The Hall–Kier alpha value is -3.72. The van der Waals surface area contributed by atoms with Gasteiger partial charge in [-0.15, -0.1) is 0 Å². The summed E-state index contributed by atoms with van der Waals surface area (Å²) in [6, 6.07) is 18.3. The number of aromatic amines is 1. The number of para-hydroxylation sites is 1. The molecule has 4 rings (SSSR count). The highest BCUT2D eigenvalue weighted by Crippen LogP contribution is 2.28. The fourth-order valence-corrected chi connectivity index (χ4v) is 4.91. The van der Waals surface area contributed by atoms with Crippen LogP contribution in [0.15, 0.2) is 66.9 Å². The highest BCUT2D eigenvalue weighted by molar-refractivity contribution is 6.42. The van der Waals surface area contributed by atoms with E-state index >= 15 is 0 Å². The highest BCUT2D eigenvalue weighted by Gasteiger charge is 2.24. The van der Waals surface area contributed by atoms with Crippen LogP contribution >= 0.6 is 23.2 Å². The Morgan fingerprint density at radius 2 is 1.63 bits per heavy atom. The van der Waals surface area contributed by atoms with Gasteiger partial charge in [-0.1, -0.05) is 47.5 Å². The van der Waals surface area contributed by atoms with Crippen LogP contribution in [0, 0.1) is 0 Å². The summed E-state index contributed by atoms with van der Waals surface area (Å²) in [5, 5.41) is 1.73. The molecule has 0 spiro atoms. The van der Waals surface area contributed by atoms with Crippen molar-refractivity contribution in [3.05, 3.63) is 93.6 Å². The molecule has 10 heteroatoms. The first-order valence-corrected chi connectivity index (χ1v) is 13.9. The van der Waals surface area contributed by atoms with E-state index < -0.39 is 0 Å². The Kier molecular flexibility index (Phi) is 10.5. The third-order valence-electron chi connectivity index (χ3n) is 6.85. The molecule has 0 unspecified atom stereocenters. The smallest absolute Gasteiger partial charge is 0.254 e. The fraction of sp³-hybridized carbons (Fsp3) is 0.290. The molecule has 0 aliphatic rings. The largest absolute Gasteiger partial charge is 0.493 e. The summed E-state index contributed by atoms with van der Waals surface area (Å²) in [5.41, 5.74) is 3.36. The third-order valence-corrected chi connectivity index (χ3v) is 7.58. The van der Waals surface area contributed by atoms with Crippen molar-refractivity contribution in [3.8, 4) is 11.5 Å². The van der Waals surface area contributed by atoms with Gasteiger partial charge in [0.2, 0.25) is 5.91 Å². The van der Waals surface area contributed by atoms with Crippen molar-refractivity contribution in [1.82, 2.24) is 14.8 Å². The number of H-pyrrole nitrogens is 1. The number of nitrogens with one attached hydrogen (secondary N) is 1. The minimum atomic E-state index is -0.336. The zero-order valence-corrected chi connectivity index (χ0v) is 24.8. The van der Waals surface area contributed by atoms with E-state index in [4.69, 9.17) is 37.4 Å². The maximum absolute atomic E-state index is 13.9. The Bertz CT molecular complexity index is 1510. The molecule has 0 fully saturated rings. The molecule has 0 bridgehead atoms. The van der Waals surface area contributed by atoms with E-state index in [0.717, 1.165) is 22.0 Å². The van der Waals surface area contributed by atoms with Crippen molar-refractivity contribution in [2.75, 3.05) is 47.6 Å². The van der Waals surface area contributed by atoms with Crippen molar-refractivity contribution in [2.24, 2.45) is 0 Å². The lowest BCUT2D eigenvalue weighted by molar-refractivity contribution is -0.132. The van der Waals surface area contributed by atoms with Gasteiger partial charge in [-0.3, -0.25) is 9.59 Å². The molecular formula is C31H33Cl2N3O5. The Labute approximate surface area is 249 Å². The van der Waals surface area contributed by atoms with Crippen molar-refractivity contribution in [2.45, 2.75) is 13.0 Å². The summed E-state index contributed by atoms with van der Waals surface area (Å²) in [6.45, 7) is 1.12. The van der Waals surface area contributed by atoms with E-state index in [-0.39, 0.29) is 36.5 Å². The van der Waals surface area contributed by atoms with Crippen molar-refractivity contribution in [1.29, 1.82) is 0 Å². The average Bonchev–Trinajstić information content (AvgIpc) is 3.41. The molecule has 0 saturated carbocycles. The van der Waals surface area contributed by atoms with Crippen LogP contribution in [0.25, 0.3) is 10.9 Å². The van der Waals surface area contributed by atoms with Gasteiger partial charge >= 0.3 is 0 Å². The predicted molar refractivity (Wildman–Crippen MR) is 161 cm³/mol. The Balaban J connectivity index is 1.59. The summed E-state index contributed by atoms with van der Waals surface area (Å²) >= 11 is 12.2. The summed E-state index contributed by atoms with van der Waals surface area (Å²) < 4.78 is 16.1. The zero-order valence-electron chi connectivity index (χ0n) is 23.3. The molecule has 0 saturated heterocycles. The lowest BCUT2D eigenvalue weighted by Gasteiger charge is -2.28. The Morgan fingerprint density at radius 1 is 0.854 bits per heavy atom. The summed E-state index contributed by atoms with van der Waals surface area (Å²) in [5.74, 6) is 0.636. The number of fused-ring (bicyclic) bond motifs is 1. The number of carbonyl (C=O) groups is 2. The maximum Gasteiger partial charge on any atom is 0.254 e. The number of halogens is 2. The number of hydrogen-bond acceptors (Lipinski definition) is 5. The molecule has 3 aromatic carbocycles. The lowest BCUT2D eigenvalue weighted by Crippen LogP contribution is -2.44. The van der Waals surface area contributed by atoms with Crippen LogP contribution in [0.1, 0.15) is 21.5 Å². The minimum absolute atomic E-state index is 0.135. The van der Waals surface area contributed by atoms with Crippen LogP contribution in [0.5, 0.6) is 11.5 Å². The number of aromatic nitrogens is 1. The van der Waals surface area contributed by atoms with E-state index in [9.17, 15) is 9.59 Å². The van der Waals surface area contributed by atoms with Gasteiger partial charge < -0.3 is 29.0 Å². The first kappa shape index (κ1) is 30.2. The van der Waals surface area contributed by atoms with E-state index in [0.29, 0.717) is 41.6 Å². The molecule has 4 aromatic rings. The Morgan fingerprint density at radius 3 is 2.37 bits per heavy atom. The van der Waals surface area contributed by atoms with Crippen LogP contribution in [-0.4, -0.2) is 74.2 Å². The summed E-state index contributed by atoms with van der Waals surface area (Å²) in [4.78, 5) is 33.8. The topological polar surface area (TPSA) is 84.1 Å². The number of hydrogen-bond donors (Lipinski definition) is 1. The normalized spacial score (nSPS) is 11.0. The second-order valence-electron chi connectivity index (χ2n) is 9.46. The first-order chi connectivity index (χ1) is 19.8. The van der Waals surface area contributed by atoms with Gasteiger partial charge in [0.15, 0.2) is 11.5 Å². The van der Waals surface area contributed by atoms with E-state index in [1.54, 1.807) is 38.4 Å². The number of nitrogens with zero attached hydrogens (tertiary/aromatic N) is 2. The summed E-state index contributed by atoms with van der Waals surface area (Å²) in [7, 11) is 4.70. The molecule has 216 valence electrons. The monoisotopic (exact) mass is 597 g/mol. The molecule has 0 radical (unpaired) electrons. The number of amides is 2. The number of ether oxygens (including phenoxy) is 3. The molecule has 1 aromatic heterocycles. The number of methoxy groups -OCH3 is 3. The summed E-state index contributed by atoms with van der Waals surface area (Å²) in [6.07, 6.45) is 2.60. The second kappa shape index (κ2) is 14.3. The van der Waals surface area contributed by atoms with Crippen LogP contribution < -0.4 is 9.47 Å². The van der Waals surface area contributed by atoms with Crippen molar-refractivity contribution in [3.63, 3.8) is 0 Å². The van der Waals surface area contributed by atoms with Gasteiger partial charge in [0.1, 0.15) is 6.54 Å². The van der Waals surface area contributed by atoms with E-state index in [1.807, 2.05) is 42.6 Å². The highest BCUT2D eigenvalue weighted by atomic mass is 35.5. The molecule has 1 heterocycles. The SMILES string of the molecule is COCCN(CC(=O)N(CCc1c[nH]c2ccccc12)Cc1ccc(OC)c(OC)c1)C(=O)c1ccc(Cl)c(Cl)c1. The predicted octanol–water partition coefficient (Wildman–Crippen LogP) is 5.85. The van der Waals surface area contributed by atoms with Crippen LogP contribution in [0.3, 0.4) is 0 Å². The number of rotatable bonds is 13. The van der Waals surface area contributed by atoms with Crippen LogP contribution in [-0.2, 0) is 22.5 Å². The minimum Gasteiger partial charge on any atom is -0.493 e. The van der Waals surface area contributed by atoms with Gasteiger partial charge in [0, 0.05) is 49.4 Å². The zero-order chi connectivity index (χ0) is 29.4. The van der Waals surface area contributed by atoms with Crippen LogP contribution in [0.4, 0.5) is 0 Å². The van der Waals surface area contributed by atoms with Gasteiger partial charge in [-0.2, -0.15) is 0 Å². The maximum atomic E-state index is 13.9. The average molecular weight is 599 g/mol. The molecule has 0 atom stereocenters. The van der Waals surface area contributed by atoms with Crippen molar-refractivity contribution < 1.29 is 23.8 Å². The van der Waals surface area contributed by atoms with Crippen molar-refractivity contribution >= 4 is 45.9 Å². The first-order valence-electron chi connectivity index (χ1n) is 13.1. The molecule has 8 nitrogen and oxygen atoms in total. The van der Waals surface area contributed by atoms with Gasteiger partial charge in [0.05, 0.1) is 30.9 Å². The number of benzene rings is 3. The second-order valence-corrected chi connectivity index (χ2v) is 10.3. The molecule has 41 heavy (non-hydrogen) atoms. The quantitative estimate of drug-likeness (QED) is 0.209.